The highest BCUT2D eigenvalue weighted by molar-refractivity contribution is 8.00. The van der Waals surface area contributed by atoms with Gasteiger partial charge in [0.25, 0.3) is 0 Å². The first-order valence-corrected chi connectivity index (χ1v) is 12.2. The Labute approximate surface area is 192 Å². The number of ether oxygens (including phenoxy) is 2. The number of aryl methyl sites for hydroxylation is 1. The van der Waals surface area contributed by atoms with Crippen molar-refractivity contribution in [2.75, 3.05) is 26.5 Å². The summed E-state index contributed by atoms with van der Waals surface area (Å²) in [5.41, 5.74) is 5.73. The summed E-state index contributed by atoms with van der Waals surface area (Å²) >= 11 is 1.67. The fraction of sp³-hybridized carbons (Fsp3) is 0.385. The zero-order valence-electron chi connectivity index (χ0n) is 18.6. The van der Waals surface area contributed by atoms with Crippen LogP contribution < -0.4 is 14.8 Å². The molecule has 1 aliphatic carbocycles. The normalized spacial score (nSPS) is 17.5. The molecule has 1 N–H and O–H groups in total. The van der Waals surface area contributed by atoms with Crippen LogP contribution in [0.5, 0.6) is 11.5 Å². The van der Waals surface area contributed by atoms with Crippen molar-refractivity contribution in [3.63, 3.8) is 0 Å². The lowest BCUT2D eigenvalue weighted by atomic mass is 9.91. The molecule has 0 amide bonds. The molecule has 0 saturated heterocycles. The van der Waals surface area contributed by atoms with Crippen molar-refractivity contribution in [2.45, 2.75) is 43.0 Å². The highest BCUT2D eigenvalue weighted by atomic mass is 32.2. The third-order valence-electron chi connectivity index (χ3n) is 6.50. The minimum absolute atomic E-state index is 0.189. The highest BCUT2D eigenvalue weighted by Crippen LogP contribution is 2.38. The van der Waals surface area contributed by atoms with Crippen LogP contribution in [0.4, 0.5) is 0 Å². The number of rotatable bonds is 6. The van der Waals surface area contributed by atoms with Crippen molar-refractivity contribution in [3.8, 4) is 11.5 Å². The van der Waals surface area contributed by atoms with E-state index in [9.17, 15) is 4.79 Å². The first-order valence-electron chi connectivity index (χ1n) is 11.2. The summed E-state index contributed by atoms with van der Waals surface area (Å²) < 4.78 is 11.0. The van der Waals surface area contributed by atoms with Gasteiger partial charge in [-0.15, -0.1) is 11.8 Å². The molecule has 0 saturated carbocycles. The van der Waals surface area contributed by atoms with Gasteiger partial charge in [-0.3, -0.25) is 9.78 Å². The Morgan fingerprint density at radius 3 is 2.72 bits per heavy atom. The van der Waals surface area contributed by atoms with Crippen molar-refractivity contribution < 1.29 is 14.3 Å². The Balaban J connectivity index is 1.44. The predicted molar refractivity (Wildman–Crippen MR) is 128 cm³/mol. The van der Waals surface area contributed by atoms with Crippen LogP contribution in [-0.4, -0.2) is 37.3 Å². The second kappa shape index (κ2) is 9.12. The van der Waals surface area contributed by atoms with Crippen molar-refractivity contribution in [2.24, 2.45) is 0 Å². The van der Waals surface area contributed by atoms with Gasteiger partial charge in [0.1, 0.15) is 0 Å². The van der Waals surface area contributed by atoms with Crippen LogP contribution >= 0.6 is 11.8 Å². The molecule has 0 fully saturated rings. The smallest absolute Gasteiger partial charge is 0.164 e. The molecule has 166 valence electrons. The third kappa shape index (κ3) is 3.86. The van der Waals surface area contributed by atoms with Gasteiger partial charge in [-0.2, -0.15) is 0 Å². The number of carbonyl (C=O) groups excluding carboxylic acids is 1. The molecule has 3 aromatic rings. The largest absolute Gasteiger partial charge is 0.493 e. The van der Waals surface area contributed by atoms with E-state index in [1.54, 1.807) is 26.0 Å². The van der Waals surface area contributed by atoms with Crippen LogP contribution in [0.2, 0.25) is 0 Å². The van der Waals surface area contributed by atoms with E-state index in [1.807, 2.05) is 18.2 Å². The van der Waals surface area contributed by atoms with Crippen LogP contribution in [0.15, 0.2) is 41.3 Å². The lowest BCUT2D eigenvalue weighted by Crippen LogP contribution is -2.36. The molecular weight excluding hydrogens is 420 g/mol. The molecule has 6 heteroatoms. The predicted octanol–water partition coefficient (Wildman–Crippen LogP) is 4.68. The van der Waals surface area contributed by atoms with Gasteiger partial charge in [0.2, 0.25) is 0 Å². The summed E-state index contributed by atoms with van der Waals surface area (Å²) in [5, 5.41) is 4.59. The fourth-order valence-corrected chi connectivity index (χ4v) is 6.07. The number of methoxy groups -OCH3 is 2. The number of carbonyl (C=O) groups is 1. The van der Waals surface area contributed by atoms with Crippen LogP contribution in [0, 0.1) is 0 Å². The van der Waals surface area contributed by atoms with Gasteiger partial charge in [0, 0.05) is 22.5 Å². The van der Waals surface area contributed by atoms with E-state index < -0.39 is 0 Å². The van der Waals surface area contributed by atoms with Gasteiger partial charge < -0.3 is 14.8 Å². The van der Waals surface area contributed by atoms with Crippen LogP contribution in [0.25, 0.3) is 10.9 Å². The lowest BCUT2D eigenvalue weighted by molar-refractivity contribution is -0.118. The molecule has 2 heterocycles. The average molecular weight is 449 g/mol. The van der Waals surface area contributed by atoms with Gasteiger partial charge >= 0.3 is 0 Å². The Hall–Kier alpha value is -2.57. The maximum absolute atomic E-state index is 13.4. The molecule has 1 aromatic heterocycles. The first-order chi connectivity index (χ1) is 15.7. The van der Waals surface area contributed by atoms with Crippen LogP contribution in [-0.2, 0) is 24.1 Å². The number of thioether (sulfide) groups is 1. The molecule has 1 atom stereocenters. The molecule has 0 spiro atoms. The Morgan fingerprint density at radius 1 is 1.09 bits per heavy atom. The van der Waals surface area contributed by atoms with E-state index in [0.717, 1.165) is 47.8 Å². The fourth-order valence-electron chi connectivity index (χ4n) is 4.89. The summed E-state index contributed by atoms with van der Waals surface area (Å²) in [6.45, 7) is 0.775. The molecule has 2 aliphatic rings. The second-order valence-corrected chi connectivity index (χ2v) is 9.37. The SMILES string of the molecule is COc1cc2c(cc1OC)C(C(=O)CSc1c3c(nc4ccccc14)CCCC3)NCC2. The van der Waals surface area contributed by atoms with Crippen LogP contribution in [0.1, 0.15) is 41.3 Å². The summed E-state index contributed by atoms with van der Waals surface area (Å²) in [6.07, 6.45) is 5.32. The average Bonchev–Trinajstić information content (AvgIpc) is 2.85. The first kappa shape index (κ1) is 21.3. The number of benzene rings is 2. The zero-order chi connectivity index (χ0) is 22.1. The van der Waals surface area contributed by atoms with E-state index >= 15 is 0 Å². The molecule has 5 nitrogen and oxygen atoms in total. The number of Topliss-reactive ketones (excluding diaryl/α,β-unsaturated/α-hetero) is 1. The second-order valence-electron chi connectivity index (χ2n) is 8.39. The number of hydrogen-bond acceptors (Lipinski definition) is 6. The number of aromatic nitrogens is 1. The number of fused-ring (bicyclic) bond motifs is 3. The van der Waals surface area contributed by atoms with Crippen molar-refractivity contribution in [3.05, 3.63) is 58.8 Å². The quantitative estimate of drug-likeness (QED) is 0.553. The summed E-state index contributed by atoms with van der Waals surface area (Å²) in [5.74, 6) is 1.98. The number of nitrogens with zero attached hydrogens (tertiary/aromatic N) is 1. The maximum atomic E-state index is 13.4. The third-order valence-corrected chi connectivity index (χ3v) is 7.68. The minimum atomic E-state index is -0.324. The van der Waals surface area contributed by atoms with Gasteiger partial charge in [0.05, 0.1) is 31.5 Å². The molecule has 2 aromatic carbocycles. The van der Waals surface area contributed by atoms with E-state index in [0.29, 0.717) is 17.3 Å². The maximum Gasteiger partial charge on any atom is 0.164 e. The van der Waals surface area contributed by atoms with Gasteiger partial charge in [-0.25, -0.2) is 0 Å². The summed E-state index contributed by atoms with van der Waals surface area (Å²) in [6, 6.07) is 11.9. The standard InChI is InChI=1S/C26H28N2O3S/c1-30-23-13-16-11-12-27-25(19(16)14-24(23)31-2)22(29)15-32-26-17-7-3-5-9-20(17)28-21-10-6-4-8-18(21)26/h3,5,7,9,13-14,25,27H,4,6,8,10-12,15H2,1-2H3. The highest BCUT2D eigenvalue weighted by Gasteiger charge is 2.28. The Kier molecular flexibility index (Phi) is 6.07. The molecule has 32 heavy (non-hydrogen) atoms. The summed E-state index contributed by atoms with van der Waals surface area (Å²) in [4.78, 5) is 19.6. The van der Waals surface area contributed by atoms with E-state index in [1.165, 1.54) is 29.0 Å². The van der Waals surface area contributed by atoms with Gasteiger partial charge in [-0.1, -0.05) is 18.2 Å². The molecule has 1 unspecified atom stereocenters. The number of para-hydroxylation sites is 1. The van der Waals surface area contributed by atoms with Crippen LogP contribution in [0.3, 0.4) is 0 Å². The lowest BCUT2D eigenvalue weighted by Gasteiger charge is -2.27. The monoisotopic (exact) mass is 448 g/mol. The van der Waals surface area contributed by atoms with Crippen molar-refractivity contribution in [1.82, 2.24) is 10.3 Å². The minimum Gasteiger partial charge on any atom is -0.493 e. The topological polar surface area (TPSA) is 60.5 Å². The van der Waals surface area contributed by atoms with Crippen molar-refractivity contribution >= 4 is 28.4 Å². The number of hydrogen-bond donors (Lipinski definition) is 1. The summed E-state index contributed by atoms with van der Waals surface area (Å²) in [7, 11) is 3.27. The van der Waals surface area contributed by atoms with Crippen molar-refractivity contribution in [1.29, 1.82) is 0 Å². The number of nitrogens with one attached hydrogen (secondary N) is 1. The Morgan fingerprint density at radius 2 is 1.88 bits per heavy atom. The van der Waals surface area contributed by atoms with E-state index in [2.05, 4.69) is 23.5 Å². The zero-order valence-corrected chi connectivity index (χ0v) is 19.4. The Bertz CT molecular complexity index is 1180. The molecular formula is C26H28N2O3S. The molecule has 0 bridgehead atoms. The molecule has 1 aliphatic heterocycles. The number of pyridine rings is 1. The van der Waals surface area contributed by atoms with E-state index in [-0.39, 0.29) is 11.8 Å². The van der Waals surface area contributed by atoms with Gasteiger partial charge in [0.15, 0.2) is 17.3 Å². The van der Waals surface area contributed by atoms with Gasteiger partial charge in [-0.05, 0) is 67.0 Å². The molecule has 0 radical (unpaired) electrons. The number of ketones is 1. The van der Waals surface area contributed by atoms with E-state index in [4.69, 9.17) is 14.5 Å². The molecule has 5 rings (SSSR count).